The van der Waals surface area contributed by atoms with Crippen LogP contribution >= 0.6 is 11.3 Å². The average Bonchev–Trinajstić information content (AvgIpc) is 2.73. The second-order valence-corrected chi connectivity index (χ2v) is 8.38. The van der Waals surface area contributed by atoms with Crippen LogP contribution in [-0.4, -0.2) is 24.6 Å². The SMILES string of the molecule is CCNCc1sc(N2CCCC(C)CC2)nc1C(C)(C)C. The van der Waals surface area contributed by atoms with E-state index in [0.29, 0.717) is 0 Å². The molecule has 2 rings (SSSR count). The summed E-state index contributed by atoms with van der Waals surface area (Å²) in [5.74, 6) is 0.860. The molecular weight excluding hydrogens is 278 g/mol. The fourth-order valence-corrected chi connectivity index (χ4v) is 4.16. The van der Waals surface area contributed by atoms with E-state index in [1.807, 2.05) is 11.3 Å². The lowest BCUT2D eigenvalue weighted by Gasteiger charge is -2.20. The molecule has 0 spiro atoms. The van der Waals surface area contributed by atoms with Crippen LogP contribution in [0.15, 0.2) is 0 Å². The van der Waals surface area contributed by atoms with Crippen molar-refractivity contribution in [3.05, 3.63) is 10.6 Å². The highest BCUT2D eigenvalue weighted by atomic mass is 32.1. The summed E-state index contributed by atoms with van der Waals surface area (Å²) in [7, 11) is 0. The van der Waals surface area contributed by atoms with Gasteiger partial charge in [-0.25, -0.2) is 4.98 Å². The van der Waals surface area contributed by atoms with Crippen LogP contribution in [0.25, 0.3) is 0 Å². The first-order valence-electron chi connectivity index (χ1n) is 8.37. The highest BCUT2D eigenvalue weighted by Gasteiger charge is 2.25. The number of nitrogens with zero attached hydrogens (tertiary/aromatic N) is 2. The normalized spacial score (nSPS) is 20.6. The number of hydrogen-bond acceptors (Lipinski definition) is 4. The molecule has 1 aliphatic rings. The van der Waals surface area contributed by atoms with Crippen LogP contribution in [0.1, 0.15) is 64.5 Å². The van der Waals surface area contributed by atoms with Gasteiger partial charge in [0.15, 0.2) is 5.13 Å². The molecule has 1 saturated heterocycles. The first-order chi connectivity index (χ1) is 9.91. The fraction of sp³-hybridized carbons (Fsp3) is 0.824. The van der Waals surface area contributed by atoms with Crippen LogP contribution in [0.2, 0.25) is 0 Å². The van der Waals surface area contributed by atoms with Crippen LogP contribution in [-0.2, 0) is 12.0 Å². The van der Waals surface area contributed by atoms with Gasteiger partial charge in [-0.15, -0.1) is 11.3 Å². The van der Waals surface area contributed by atoms with Gasteiger partial charge in [0.2, 0.25) is 0 Å². The zero-order chi connectivity index (χ0) is 15.5. The third kappa shape index (κ3) is 4.43. The molecule has 0 aliphatic carbocycles. The van der Waals surface area contributed by atoms with Gasteiger partial charge in [-0.1, -0.05) is 34.6 Å². The molecule has 0 radical (unpaired) electrons. The van der Waals surface area contributed by atoms with E-state index in [-0.39, 0.29) is 5.41 Å². The Kier molecular flexibility index (Phi) is 5.67. The Hall–Kier alpha value is -0.610. The molecule has 120 valence electrons. The van der Waals surface area contributed by atoms with E-state index in [9.17, 15) is 0 Å². The molecule has 0 amide bonds. The van der Waals surface area contributed by atoms with E-state index in [4.69, 9.17) is 4.98 Å². The number of rotatable bonds is 4. The zero-order valence-corrected chi connectivity index (χ0v) is 15.1. The maximum Gasteiger partial charge on any atom is 0.185 e. The van der Waals surface area contributed by atoms with Gasteiger partial charge in [-0.2, -0.15) is 0 Å². The van der Waals surface area contributed by atoms with E-state index in [2.05, 4.69) is 44.8 Å². The summed E-state index contributed by atoms with van der Waals surface area (Å²) < 4.78 is 0. The number of hydrogen-bond donors (Lipinski definition) is 1. The molecule has 4 heteroatoms. The monoisotopic (exact) mass is 309 g/mol. The van der Waals surface area contributed by atoms with Gasteiger partial charge in [0.1, 0.15) is 0 Å². The molecule has 3 nitrogen and oxygen atoms in total. The van der Waals surface area contributed by atoms with Gasteiger partial charge in [0, 0.05) is 29.9 Å². The van der Waals surface area contributed by atoms with Crippen LogP contribution in [0.5, 0.6) is 0 Å². The fourth-order valence-electron chi connectivity index (χ4n) is 2.87. The first-order valence-corrected chi connectivity index (χ1v) is 9.19. The van der Waals surface area contributed by atoms with Crippen molar-refractivity contribution in [3.8, 4) is 0 Å². The van der Waals surface area contributed by atoms with Gasteiger partial charge in [-0.05, 0) is 31.7 Å². The van der Waals surface area contributed by atoms with Gasteiger partial charge in [-0.3, -0.25) is 0 Å². The molecule has 1 aliphatic heterocycles. The summed E-state index contributed by atoms with van der Waals surface area (Å²) in [6, 6.07) is 0. The van der Waals surface area contributed by atoms with Crippen molar-refractivity contribution in [3.63, 3.8) is 0 Å². The van der Waals surface area contributed by atoms with Crippen LogP contribution in [0.3, 0.4) is 0 Å². The Bertz CT molecular complexity index is 447. The molecule has 1 aromatic heterocycles. The highest BCUT2D eigenvalue weighted by Crippen LogP contribution is 2.35. The molecule has 0 aromatic carbocycles. The Morgan fingerprint density at radius 2 is 2.05 bits per heavy atom. The molecule has 0 saturated carbocycles. The number of aromatic nitrogens is 1. The largest absolute Gasteiger partial charge is 0.348 e. The quantitative estimate of drug-likeness (QED) is 0.904. The van der Waals surface area contributed by atoms with Gasteiger partial charge < -0.3 is 10.2 Å². The van der Waals surface area contributed by atoms with Crippen molar-refractivity contribution in [1.29, 1.82) is 0 Å². The minimum absolute atomic E-state index is 0.124. The number of nitrogens with one attached hydrogen (secondary N) is 1. The summed E-state index contributed by atoms with van der Waals surface area (Å²) >= 11 is 1.90. The highest BCUT2D eigenvalue weighted by molar-refractivity contribution is 7.15. The maximum absolute atomic E-state index is 5.03. The third-order valence-electron chi connectivity index (χ3n) is 4.22. The molecule has 1 atom stereocenters. The summed E-state index contributed by atoms with van der Waals surface area (Å²) in [6.07, 6.45) is 3.96. The zero-order valence-electron chi connectivity index (χ0n) is 14.3. The maximum atomic E-state index is 5.03. The Morgan fingerprint density at radius 3 is 2.71 bits per heavy atom. The van der Waals surface area contributed by atoms with E-state index < -0.39 is 0 Å². The molecule has 1 fully saturated rings. The van der Waals surface area contributed by atoms with Gasteiger partial charge in [0.05, 0.1) is 5.69 Å². The van der Waals surface area contributed by atoms with Crippen molar-refractivity contribution < 1.29 is 0 Å². The molecular formula is C17H31N3S. The van der Waals surface area contributed by atoms with E-state index >= 15 is 0 Å². The summed E-state index contributed by atoms with van der Waals surface area (Å²) in [4.78, 5) is 8.96. The van der Waals surface area contributed by atoms with E-state index in [1.54, 1.807) is 0 Å². The lowest BCUT2D eigenvalue weighted by molar-refractivity contribution is 0.521. The van der Waals surface area contributed by atoms with E-state index in [1.165, 1.54) is 48.1 Å². The van der Waals surface area contributed by atoms with Crippen molar-refractivity contribution in [2.24, 2.45) is 5.92 Å². The number of thiazole rings is 1. The molecule has 1 unspecified atom stereocenters. The lowest BCUT2D eigenvalue weighted by Crippen LogP contribution is -2.24. The standard InChI is InChI=1S/C17H31N3S/c1-6-18-12-14-15(17(3,4)5)19-16(21-14)20-10-7-8-13(2)9-11-20/h13,18H,6-12H2,1-5H3. The molecule has 2 heterocycles. The molecule has 1 N–H and O–H groups in total. The minimum atomic E-state index is 0.124. The molecule has 1 aromatic rings. The predicted octanol–water partition coefficient (Wildman–Crippen LogP) is 4.18. The van der Waals surface area contributed by atoms with Crippen molar-refractivity contribution in [2.75, 3.05) is 24.5 Å². The number of anilines is 1. The van der Waals surface area contributed by atoms with Gasteiger partial charge >= 0.3 is 0 Å². The van der Waals surface area contributed by atoms with Crippen molar-refractivity contribution >= 4 is 16.5 Å². The van der Waals surface area contributed by atoms with E-state index in [0.717, 1.165) is 19.0 Å². The Morgan fingerprint density at radius 1 is 1.29 bits per heavy atom. The average molecular weight is 310 g/mol. The van der Waals surface area contributed by atoms with Gasteiger partial charge in [0.25, 0.3) is 0 Å². The molecule has 0 bridgehead atoms. The molecule has 21 heavy (non-hydrogen) atoms. The second-order valence-electron chi connectivity index (χ2n) is 7.32. The summed E-state index contributed by atoms with van der Waals surface area (Å²) in [5.41, 5.74) is 1.40. The summed E-state index contributed by atoms with van der Waals surface area (Å²) in [6.45, 7) is 15.6. The second kappa shape index (κ2) is 7.10. The first kappa shape index (κ1) is 16.8. The third-order valence-corrected chi connectivity index (χ3v) is 5.34. The lowest BCUT2D eigenvalue weighted by atomic mass is 9.91. The van der Waals surface area contributed by atoms with Crippen LogP contribution in [0, 0.1) is 5.92 Å². The van der Waals surface area contributed by atoms with Crippen molar-refractivity contribution in [1.82, 2.24) is 10.3 Å². The van der Waals surface area contributed by atoms with Crippen molar-refractivity contribution in [2.45, 2.75) is 65.8 Å². The topological polar surface area (TPSA) is 28.2 Å². The van der Waals surface area contributed by atoms with Crippen LogP contribution in [0.4, 0.5) is 5.13 Å². The minimum Gasteiger partial charge on any atom is -0.348 e. The Labute approximate surface area is 134 Å². The smallest absolute Gasteiger partial charge is 0.185 e. The Balaban J connectivity index is 2.21. The summed E-state index contributed by atoms with van der Waals surface area (Å²) in [5, 5.41) is 4.70. The van der Waals surface area contributed by atoms with Crippen LogP contribution < -0.4 is 10.2 Å². The predicted molar refractivity (Wildman–Crippen MR) is 93.4 cm³/mol.